The van der Waals surface area contributed by atoms with Gasteiger partial charge in [0.05, 0.1) is 5.52 Å². The number of rotatable bonds is 3. The smallest absolute Gasteiger partial charge is 0.0763 e. The molecule has 4 heteroatoms. The molecule has 0 bridgehead atoms. The minimum atomic E-state index is 0.752. The van der Waals surface area contributed by atoms with Crippen LogP contribution in [-0.2, 0) is 6.54 Å². The number of hydrogen-bond acceptors (Lipinski definition) is 2. The molecular weight excluding hydrogens is 392 g/mol. The zero-order valence-corrected chi connectivity index (χ0v) is 14.7. The highest BCUT2D eigenvalue weighted by Gasteiger charge is 2.05. The Morgan fingerprint density at radius 1 is 1.05 bits per heavy atom. The lowest BCUT2D eigenvalue weighted by Gasteiger charge is -2.11. The van der Waals surface area contributed by atoms with Gasteiger partial charge in [0.15, 0.2) is 0 Å². The maximum absolute atomic E-state index is 4.51. The van der Waals surface area contributed by atoms with Crippen LogP contribution in [0.3, 0.4) is 0 Å². The Labute approximate surface area is 140 Å². The van der Waals surface area contributed by atoms with Crippen LogP contribution in [0.4, 0.5) is 5.69 Å². The van der Waals surface area contributed by atoms with E-state index in [1.807, 2.05) is 12.3 Å². The molecule has 21 heavy (non-hydrogen) atoms. The Balaban J connectivity index is 1.88. The molecule has 0 amide bonds. The standard InChI is InChI=1S/C17H14Br2N2/c1-11-9-13(5-7-15(11)18)21-10-12-4-6-16(19)14-3-2-8-20-17(12)14/h2-9,21H,10H2,1H3. The van der Waals surface area contributed by atoms with Crippen molar-refractivity contribution < 1.29 is 0 Å². The van der Waals surface area contributed by atoms with E-state index in [0.29, 0.717) is 0 Å². The molecule has 1 aromatic heterocycles. The lowest BCUT2D eigenvalue weighted by Crippen LogP contribution is -2.01. The summed E-state index contributed by atoms with van der Waals surface area (Å²) in [7, 11) is 0. The Bertz CT molecular complexity index is 800. The number of hydrogen-bond donors (Lipinski definition) is 1. The van der Waals surface area contributed by atoms with Crippen LogP contribution in [0.25, 0.3) is 10.9 Å². The van der Waals surface area contributed by atoms with Crippen molar-refractivity contribution in [2.75, 3.05) is 5.32 Å². The summed E-state index contributed by atoms with van der Waals surface area (Å²) < 4.78 is 2.21. The van der Waals surface area contributed by atoms with Gasteiger partial charge in [-0.25, -0.2) is 0 Å². The van der Waals surface area contributed by atoms with Crippen LogP contribution in [0.15, 0.2) is 57.6 Å². The first kappa shape index (κ1) is 14.5. The average Bonchev–Trinajstić information content (AvgIpc) is 2.50. The summed E-state index contributed by atoms with van der Waals surface area (Å²) in [5, 5.41) is 4.61. The zero-order chi connectivity index (χ0) is 14.8. The van der Waals surface area contributed by atoms with Gasteiger partial charge in [-0.1, -0.05) is 44.0 Å². The summed E-state index contributed by atoms with van der Waals surface area (Å²) in [6.07, 6.45) is 1.84. The molecular formula is C17H14Br2N2. The average molecular weight is 406 g/mol. The lowest BCUT2D eigenvalue weighted by atomic mass is 10.1. The maximum Gasteiger partial charge on any atom is 0.0763 e. The summed E-state index contributed by atoms with van der Waals surface area (Å²) in [4.78, 5) is 4.51. The van der Waals surface area contributed by atoms with Crippen molar-refractivity contribution in [3.63, 3.8) is 0 Å². The number of nitrogens with one attached hydrogen (secondary N) is 1. The van der Waals surface area contributed by atoms with Gasteiger partial charge in [0.25, 0.3) is 0 Å². The molecule has 0 saturated heterocycles. The van der Waals surface area contributed by atoms with Crippen molar-refractivity contribution in [1.29, 1.82) is 0 Å². The van der Waals surface area contributed by atoms with Crippen molar-refractivity contribution in [2.24, 2.45) is 0 Å². The Morgan fingerprint density at radius 2 is 1.86 bits per heavy atom. The third-order valence-electron chi connectivity index (χ3n) is 3.44. The molecule has 106 valence electrons. The summed E-state index contributed by atoms with van der Waals surface area (Å²) in [6.45, 7) is 2.84. The molecule has 1 N–H and O–H groups in total. The zero-order valence-electron chi connectivity index (χ0n) is 11.5. The van der Waals surface area contributed by atoms with Crippen molar-refractivity contribution in [1.82, 2.24) is 4.98 Å². The second-order valence-electron chi connectivity index (χ2n) is 4.92. The highest BCUT2D eigenvalue weighted by Crippen LogP contribution is 2.26. The number of aromatic nitrogens is 1. The van der Waals surface area contributed by atoms with E-state index in [4.69, 9.17) is 0 Å². The predicted molar refractivity (Wildman–Crippen MR) is 95.6 cm³/mol. The van der Waals surface area contributed by atoms with E-state index in [0.717, 1.165) is 32.1 Å². The topological polar surface area (TPSA) is 24.9 Å². The van der Waals surface area contributed by atoms with Gasteiger partial charge < -0.3 is 5.32 Å². The number of benzene rings is 2. The van der Waals surface area contributed by atoms with Gasteiger partial charge in [-0.05, 0) is 48.4 Å². The van der Waals surface area contributed by atoms with Gasteiger partial charge in [0, 0.05) is 32.8 Å². The van der Waals surface area contributed by atoms with Gasteiger partial charge in [0.2, 0.25) is 0 Å². The van der Waals surface area contributed by atoms with Gasteiger partial charge in [-0.2, -0.15) is 0 Å². The second kappa shape index (κ2) is 6.16. The monoisotopic (exact) mass is 404 g/mol. The summed E-state index contributed by atoms with van der Waals surface area (Å²) >= 11 is 7.10. The molecule has 0 radical (unpaired) electrons. The molecule has 0 aliphatic carbocycles. The number of halogens is 2. The normalized spacial score (nSPS) is 10.8. The van der Waals surface area contributed by atoms with E-state index in [-0.39, 0.29) is 0 Å². The SMILES string of the molecule is Cc1cc(NCc2ccc(Br)c3cccnc23)ccc1Br. The molecule has 0 unspecified atom stereocenters. The maximum atomic E-state index is 4.51. The van der Waals surface area contributed by atoms with Crippen molar-refractivity contribution >= 4 is 48.5 Å². The first-order valence-corrected chi connectivity index (χ1v) is 8.26. The largest absolute Gasteiger partial charge is 0.381 e. The van der Waals surface area contributed by atoms with E-state index in [9.17, 15) is 0 Å². The number of pyridine rings is 1. The Kier molecular flexibility index (Phi) is 4.27. The molecule has 0 atom stereocenters. The van der Waals surface area contributed by atoms with Gasteiger partial charge in [-0.15, -0.1) is 0 Å². The van der Waals surface area contributed by atoms with Crippen molar-refractivity contribution in [3.05, 3.63) is 68.7 Å². The summed E-state index contributed by atoms with van der Waals surface area (Å²) in [5.41, 5.74) is 4.56. The quantitative estimate of drug-likeness (QED) is 0.606. The van der Waals surface area contributed by atoms with Crippen LogP contribution < -0.4 is 5.32 Å². The minimum absolute atomic E-state index is 0.752. The van der Waals surface area contributed by atoms with Crippen molar-refractivity contribution in [3.8, 4) is 0 Å². The minimum Gasteiger partial charge on any atom is -0.381 e. The summed E-state index contributed by atoms with van der Waals surface area (Å²) in [6, 6.07) is 14.5. The predicted octanol–water partition coefficient (Wildman–Crippen LogP) is 5.68. The number of aryl methyl sites for hydroxylation is 1. The fourth-order valence-corrected chi connectivity index (χ4v) is 2.99. The molecule has 3 aromatic rings. The van der Waals surface area contributed by atoms with Crippen LogP contribution in [0, 0.1) is 6.92 Å². The molecule has 1 heterocycles. The fraction of sp³-hybridized carbons (Fsp3) is 0.118. The molecule has 2 nitrogen and oxygen atoms in total. The molecule has 2 aromatic carbocycles. The van der Waals surface area contributed by atoms with Crippen LogP contribution in [0.5, 0.6) is 0 Å². The van der Waals surface area contributed by atoms with Crippen LogP contribution in [0.1, 0.15) is 11.1 Å². The Morgan fingerprint density at radius 3 is 2.67 bits per heavy atom. The lowest BCUT2D eigenvalue weighted by molar-refractivity contribution is 1.15. The molecule has 0 aliphatic rings. The van der Waals surface area contributed by atoms with E-state index in [2.05, 4.69) is 85.5 Å². The van der Waals surface area contributed by atoms with Gasteiger partial charge in [0.1, 0.15) is 0 Å². The van der Waals surface area contributed by atoms with Crippen molar-refractivity contribution in [2.45, 2.75) is 13.5 Å². The van der Waals surface area contributed by atoms with E-state index in [1.165, 1.54) is 11.1 Å². The highest BCUT2D eigenvalue weighted by atomic mass is 79.9. The molecule has 0 aliphatic heterocycles. The molecule has 0 spiro atoms. The first-order valence-electron chi connectivity index (χ1n) is 6.67. The van der Waals surface area contributed by atoms with Crippen LogP contribution in [0.2, 0.25) is 0 Å². The number of anilines is 1. The van der Waals surface area contributed by atoms with Gasteiger partial charge in [-0.3, -0.25) is 4.98 Å². The Hall–Kier alpha value is -1.39. The molecule has 3 rings (SSSR count). The first-order chi connectivity index (χ1) is 10.1. The summed E-state index contributed by atoms with van der Waals surface area (Å²) in [5.74, 6) is 0. The third-order valence-corrected chi connectivity index (χ3v) is 5.02. The van der Waals surface area contributed by atoms with E-state index < -0.39 is 0 Å². The van der Waals surface area contributed by atoms with Crippen LogP contribution >= 0.6 is 31.9 Å². The number of nitrogens with zero attached hydrogens (tertiary/aromatic N) is 1. The highest BCUT2D eigenvalue weighted by molar-refractivity contribution is 9.11. The van der Waals surface area contributed by atoms with Crippen LogP contribution in [-0.4, -0.2) is 4.98 Å². The van der Waals surface area contributed by atoms with Gasteiger partial charge >= 0.3 is 0 Å². The number of fused-ring (bicyclic) bond motifs is 1. The third kappa shape index (κ3) is 3.11. The molecule has 0 saturated carbocycles. The fourth-order valence-electron chi connectivity index (χ4n) is 2.29. The second-order valence-corrected chi connectivity index (χ2v) is 6.63. The molecule has 0 fully saturated rings. The van der Waals surface area contributed by atoms with E-state index in [1.54, 1.807) is 0 Å². The van der Waals surface area contributed by atoms with E-state index >= 15 is 0 Å².